The number of hydrogen-bond donors (Lipinski definition) is 2. The van der Waals surface area contributed by atoms with Gasteiger partial charge in [0, 0.05) is 12.6 Å². The van der Waals surface area contributed by atoms with Crippen LogP contribution in [0.4, 0.5) is 0 Å². The van der Waals surface area contributed by atoms with Crippen molar-refractivity contribution >= 4 is 12.4 Å². The zero-order valence-electron chi connectivity index (χ0n) is 6.18. The van der Waals surface area contributed by atoms with E-state index in [2.05, 4.69) is 5.32 Å². The third kappa shape index (κ3) is 3.40. The molecule has 1 fully saturated rings. The molecule has 0 aromatic carbocycles. The first-order valence-electron chi connectivity index (χ1n) is 3.77. The number of aliphatic hydroxyl groups is 1. The summed E-state index contributed by atoms with van der Waals surface area (Å²) in [5, 5.41) is 11.9. The molecule has 0 saturated carbocycles. The molecule has 10 heavy (non-hydrogen) atoms. The maximum Gasteiger partial charge on any atom is 0.0445 e. The Balaban J connectivity index is 0.000000810. The Hall–Kier alpha value is 0.210. The van der Waals surface area contributed by atoms with Gasteiger partial charge in [-0.2, -0.15) is 0 Å². The van der Waals surface area contributed by atoms with E-state index in [0.717, 1.165) is 13.0 Å². The van der Waals surface area contributed by atoms with Crippen LogP contribution in [-0.4, -0.2) is 24.3 Å². The molecule has 0 amide bonds. The van der Waals surface area contributed by atoms with Crippen molar-refractivity contribution in [1.29, 1.82) is 0 Å². The molecule has 2 nitrogen and oxygen atoms in total. The number of rotatable bonds is 2. The number of nitrogens with one attached hydrogen (secondary N) is 1. The molecule has 1 unspecified atom stereocenters. The van der Waals surface area contributed by atoms with Gasteiger partial charge < -0.3 is 10.4 Å². The van der Waals surface area contributed by atoms with Crippen molar-refractivity contribution in [2.24, 2.45) is 0 Å². The number of aliphatic hydroxyl groups excluding tert-OH is 1. The quantitative estimate of drug-likeness (QED) is 0.638. The van der Waals surface area contributed by atoms with Gasteiger partial charge in [-0.1, -0.05) is 6.42 Å². The van der Waals surface area contributed by atoms with Crippen LogP contribution in [0.2, 0.25) is 0 Å². The van der Waals surface area contributed by atoms with Gasteiger partial charge in [-0.25, -0.2) is 0 Å². The minimum atomic E-state index is 0. The highest BCUT2D eigenvalue weighted by molar-refractivity contribution is 5.85. The molecule has 0 aliphatic carbocycles. The van der Waals surface area contributed by atoms with E-state index in [0.29, 0.717) is 12.6 Å². The largest absolute Gasteiger partial charge is 0.396 e. The Labute approximate surface area is 68.4 Å². The Kier molecular flexibility index (Phi) is 6.08. The molecule has 3 heteroatoms. The molecule has 0 aromatic rings. The highest BCUT2D eigenvalue weighted by atomic mass is 35.5. The topological polar surface area (TPSA) is 32.3 Å². The lowest BCUT2D eigenvalue weighted by molar-refractivity contribution is 0.250. The smallest absolute Gasteiger partial charge is 0.0445 e. The predicted molar refractivity (Wildman–Crippen MR) is 44.6 cm³/mol. The first-order chi connectivity index (χ1) is 4.43. The van der Waals surface area contributed by atoms with E-state index in [1.165, 1.54) is 19.3 Å². The summed E-state index contributed by atoms with van der Waals surface area (Å²) in [7, 11) is 0. The first-order valence-corrected chi connectivity index (χ1v) is 3.77. The van der Waals surface area contributed by atoms with Crippen molar-refractivity contribution in [1.82, 2.24) is 5.32 Å². The Bertz CT molecular complexity index is 71.3. The average Bonchev–Trinajstić information content (AvgIpc) is 1.91. The minimum Gasteiger partial charge on any atom is -0.396 e. The van der Waals surface area contributed by atoms with Crippen LogP contribution >= 0.6 is 12.4 Å². The summed E-state index contributed by atoms with van der Waals surface area (Å²) < 4.78 is 0. The van der Waals surface area contributed by atoms with Gasteiger partial charge in [0.1, 0.15) is 0 Å². The van der Waals surface area contributed by atoms with E-state index in [1.807, 2.05) is 0 Å². The lowest BCUT2D eigenvalue weighted by atomic mass is 10.0. The fraction of sp³-hybridized carbons (Fsp3) is 1.00. The molecule has 0 spiro atoms. The van der Waals surface area contributed by atoms with Gasteiger partial charge in [-0.05, 0) is 25.8 Å². The molecular formula is C7H16ClNO. The molecule has 1 aliphatic heterocycles. The van der Waals surface area contributed by atoms with E-state index >= 15 is 0 Å². The second kappa shape index (κ2) is 5.96. The summed E-state index contributed by atoms with van der Waals surface area (Å²) in [5.41, 5.74) is 0. The van der Waals surface area contributed by atoms with Gasteiger partial charge in [-0.3, -0.25) is 0 Å². The maximum absolute atomic E-state index is 8.58. The van der Waals surface area contributed by atoms with E-state index in [-0.39, 0.29) is 12.4 Å². The van der Waals surface area contributed by atoms with Crippen LogP contribution in [0, 0.1) is 0 Å². The van der Waals surface area contributed by atoms with Gasteiger partial charge in [0.2, 0.25) is 0 Å². The zero-order chi connectivity index (χ0) is 6.53. The third-order valence-electron chi connectivity index (χ3n) is 1.89. The summed E-state index contributed by atoms with van der Waals surface area (Å²) in [6.07, 6.45) is 4.82. The highest BCUT2D eigenvalue weighted by Crippen LogP contribution is 2.08. The van der Waals surface area contributed by atoms with Crippen LogP contribution in [0.3, 0.4) is 0 Å². The molecule has 2 N–H and O–H groups in total. The van der Waals surface area contributed by atoms with Crippen LogP contribution in [0.25, 0.3) is 0 Å². The van der Waals surface area contributed by atoms with E-state index in [1.54, 1.807) is 0 Å². The minimum absolute atomic E-state index is 0. The van der Waals surface area contributed by atoms with Crippen molar-refractivity contribution in [2.75, 3.05) is 13.2 Å². The second-order valence-corrected chi connectivity index (χ2v) is 2.66. The summed E-state index contributed by atoms with van der Waals surface area (Å²) in [5.74, 6) is 0. The molecular weight excluding hydrogens is 150 g/mol. The standard InChI is InChI=1S/C7H15NO.ClH/c9-6-4-7-3-1-2-5-8-7;/h7-9H,1-6H2;1H. The Morgan fingerprint density at radius 1 is 1.40 bits per heavy atom. The van der Waals surface area contributed by atoms with Crippen LogP contribution in [-0.2, 0) is 0 Å². The number of hydrogen-bond acceptors (Lipinski definition) is 2. The molecule has 1 aliphatic rings. The van der Waals surface area contributed by atoms with Gasteiger partial charge in [-0.15, -0.1) is 12.4 Å². The van der Waals surface area contributed by atoms with Gasteiger partial charge in [0.15, 0.2) is 0 Å². The van der Waals surface area contributed by atoms with Crippen LogP contribution < -0.4 is 5.32 Å². The molecule has 0 radical (unpaired) electrons. The molecule has 1 saturated heterocycles. The zero-order valence-corrected chi connectivity index (χ0v) is 6.99. The molecule has 1 heterocycles. The molecule has 62 valence electrons. The van der Waals surface area contributed by atoms with Gasteiger partial charge in [0.25, 0.3) is 0 Å². The number of halogens is 1. The van der Waals surface area contributed by atoms with Crippen LogP contribution in [0.15, 0.2) is 0 Å². The maximum atomic E-state index is 8.58. The van der Waals surface area contributed by atoms with E-state index in [9.17, 15) is 0 Å². The average molecular weight is 166 g/mol. The normalized spacial score (nSPS) is 25.5. The third-order valence-corrected chi connectivity index (χ3v) is 1.89. The monoisotopic (exact) mass is 165 g/mol. The summed E-state index contributed by atoms with van der Waals surface area (Å²) in [6, 6.07) is 0.601. The van der Waals surface area contributed by atoms with Crippen molar-refractivity contribution in [3.8, 4) is 0 Å². The van der Waals surface area contributed by atoms with Crippen molar-refractivity contribution in [2.45, 2.75) is 31.7 Å². The molecule has 1 rings (SSSR count). The van der Waals surface area contributed by atoms with Crippen LogP contribution in [0.5, 0.6) is 0 Å². The fourth-order valence-corrected chi connectivity index (χ4v) is 1.33. The van der Waals surface area contributed by atoms with Crippen molar-refractivity contribution in [3.63, 3.8) is 0 Å². The van der Waals surface area contributed by atoms with Crippen molar-refractivity contribution < 1.29 is 5.11 Å². The Morgan fingerprint density at radius 3 is 2.70 bits per heavy atom. The number of piperidine rings is 1. The highest BCUT2D eigenvalue weighted by Gasteiger charge is 2.10. The molecule has 1 atom stereocenters. The van der Waals surface area contributed by atoms with E-state index < -0.39 is 0 Å². The van der Waals surface area contributed by atoms with Crippen molar-refractivity contribution in [3.05, 3.63) is 0 Å². The Morgan fingerprint density at radius 2 is 2.20 bits per heavy atom. The predicted octanol–water partition coefficient (Wildman–Crippen LogP) is 0.933. The SMILES string of the molecule is Cl.OCCC1CCCCN1. The summed E-state index contributed by atoms with van der Waals surface area (Å²) >= 11 is 0. The lowest BCUT2D eigenvalue weighted by Crippen LogP contribution is -2.34. The van der Waals surface area contributed by atoms with Gasteiger partial charge >= 0.3 is 0 Å². The first kappa shape index (κ1) is 10.2. The van der Waals surface area contributed by atoms with Crippen LogP contribution in [0.1, 0.15) is 25.7 Å². The fourth-order valence-electron chi connectivity index (χ4n) is 1.33. The summed E-state index contributed by atoms with van der Waals surface area (Å²) in [6.45, 7) is 1.47. The lowest BCUT2D eigenvalue weighted by Gasteiger charge is -2.22. The molecule has 0 bridgehead atoms. The summed E-state index contributed by atoms with van der Waals surface area (Å²) in [4.78, 5) is 0. The molecule has 0 aromatic heterocycles. The van der Waals surface area contributed by atoms with E-state index in [4.69, 9.17) is 5.11 Å². The van der Waals surface area contributed by atoms with Gasteiger partial charge in [0.05, 0.1) is 0 Å². The second-order valence-electron chi connectivity index (χ2n) is 2.66.